The number of fused-ring (bicyclic) bond motifs is 1. The van der Waals surface area contributed by atoms with Gasteiger partial charge in [0.15, 0.2) is 12.3 Å². The van der Waals surface area contributed by atoms with E-state index in [2.05, 4.69) is 15.0 Å². The van der Waals surface area contributed by atoms with Crippen molar-refractivity contribution >= 4 is 28.5 Å². The van der Waals surface area contributed by atoms with Crippen molar-refractivity contribution in [1.29, 1.82) is 0 Å². The largest absolute Gasteiger partial charge is 0.491 e. The van der Waals surface area contributed by atoms with Gasteiger partial charge in [-0.05, 0) is 37.6 Å². The molecule has 1 aliphatic heterocycles. The fraction of sp³-hybridized carbons (Fsp3) is 0.435. The quantitative estimate of drug-likeness (QED) is 0.543. The molecule has 1 saturated heterocycles. The minimum atomic E-state index is -0.0338. The summed E-state index contributed by atoms with van der Waals surface area (Å²) < 4.78 is 13.3. The molecule has 1 aromatic carbocycles. The standard InChI is InChI=1S/C23H28ClN5O3/c1-16-14-17(2)25-22-21(16)23(26-27(22)3)32-15-20(30)29-10-8-28(9-11-29)12-13-31-19-7-5-4-6-18(19)24/h4-7,14H,8-13,15H2,1-3H3. The molecule has 2 aromatic heterocycles. The van der Waals surface area contributed by atoms with Crippen molar-refractivity contribution in [1.82, 2.24) is 24.6 Å². The highest BCUT2D eigenvalue weighted by molar-refractivity contribution is 6.32. The van der Waals surface area contributed by atoms with Gasteiger partial charge in [0.1, 0.15) is 12.4 Å². The number of amides is 1. The Labute approximate surface area is 192 Å². The lowest BCUT2D eigenvalue weighted by atomic mass is 10.2. The summed E-state index contributed by atoms with van der Waals surface area (Å²) in [6.45, 7) is 8.19. The Morgan fingerprint density at radius 2 is 1.88 bits per heavy atom. The second kappa shape index (κ2) is 9.75. The molecule has 0 radical (unpaired) electrons. The van der Waals surface area contributed by atoms with Crippen LogP contribution in [0.25, 0.3) is 11.0 Å². The summed E-state index contributed by atoms with van der Waals surface area (Å²) in [5.41, 5.74) is 2.73. The van der Waals surface area contributed by atoms with Crippen molar-refractivity contribution in [2.24, 2.45) is 7.05 Å². The van der Waals surface area contributed by atoms with Crippen LogP contribution in [-0.4, -0.2) is 76.4 Å². The molecule has 0 atom stereocenters. The van der Waals surface area contributed by atoms with Gasteiger partial charge in [-0.1, -0.05) is 23.7 Å². The van der Waals surface area contributed by atoms with Gasteiger partial charge in [-0.3, -0.25) is 9.69 Å². The molecule has 1 aliphatic rings. The molecule has 8 nitrogen and oxygen atoms in total. The van der Waals surface area contributed by atoms with Crippen LogP contribution in [-0.2, 0) is 11.8 Å². The molecule has 1 amide bonds. The number of nitrogens with zero attached hydrogens (tertiary/aromatic N) is 5. The molecule has 170 valence electrons. The number of aromatic nitrogens is 3. The monoisotopic (exact) mass is 457 g/mol. The van der Waals surface area contributed by atoms with Crippen LogP contribution < -0.4 is 9.47 Å². The topological polar surface area (TPSA) is 72.7 Å². The first-order valence-corrected chi connectivity index (χ1v) is 11.1. The number of hydrogen-bond acceptors (Lipinski definition) is 6. The zero-order valence-corrected chi connectivity index (χ0v) is 19.4. The maximum atomic E-state index is 12.7. The summed E-state index contributed by atoms with van der Waals surface area (Å²) in [6, 6.07) is 9.45. The Kier molecular flexibility index (Phi) is 6.81. The second-order valence-electron chi connectivity index (χ2n) is 8.00. The molecule has 0 saturated carbocycles. The van der Waals surface area contributed by atoms with Crippen LogP contribution >= 0.6 is 11.6 Å². The molecule has 0 N–H and O–H groups in total. The average Bonchev–Trinajstić information content (AvgIpc) is 3.09. The predicted molar refractivity (Wildman–Crippen MR) is 123 cm³/mol. The van der Waals surface area contributed by atoms with Gasteiger partial charge >= 0.3 is 0 Å². The smallest absolute Gasteiger partial charge is 0.260 e. The van der Waals surface area contributed by atoms with E-state index in [0.29, 0.717) is 36.3 Å². The summed E-state index contributed by atoms with van der Waals surface area (Å²) in [5, 5.41) is 5.89. The maximum Gasteiger partial charge on any atom is 0.260 e. The molecule has 4 rings (SSSR count). The highest BCUT2D eigenvalue weighted by atomic mass is 35.5. The first-order valence-electron chi connectivity index (χ1n) is 10.7. The zero-order valence-electron chi connectivity index (χ0n) is 18.7. The fourth-order valence-corrected chi connectivity index (χ4v) is 4.13. The first-order chi connectivity index (χ1) is 15.4. The van der Waals surface area contributed by atoms with Crippen molar-refractivity contribution in [3.8, 4) is 11.6 Å². The van der Waals surface area contributed by atoms with Gasteiger partial charge in [-0.2, -0.15) is 0 Å². The summed E-state index contributed by atoms with van der Waals surface area (Å²) in [5.74, 6) is 1.12. The van der Waals surface area contributed by atoms with Crippen LogP contribution in [0.4, 0.5) is 0 Å². The molecule has 32 heavy (non-hydrogen) atoms. The van der Waals surface area contributed by atoms with Gasteiger partial charge in [0.25, 0.3) is 5.91 Å². The van der Waals surface area contributed by atoms with Crippen molar-refractivity contribution in [2.75, 3.05) is 45.9 Å². The number of para-hydroxylation sites is 1. The number of benzene rings is 1. The van der Waals surface area contributed by atoms with Crippen LogP contribution in [0.3, 0.4) is 0 Å². The molecular weight excluding hydrogens is 430 g/mol. The van der Waals surface area contributed by atoms with E-state index in [1.807, 2.05) is 56.1 Å². The molecule has 3 heterocycles. The van der Waals surface area contributed by atoms with E-state index in [1.54, 1.807) is 4.68 Å². The van der Waals surface area contributed by atoms with E-state index >= 15 is 0 Å². The van der Waals surface area contributed by atoms with Gasteiger partial charge in [0, 0.05) is 45.5 Å². The van der Waals surface area contributed by atoms with Gasteiger partial charge in [-0.15, -0.1) is 5.10 Å². The number of rotatable bonds is 7. The average molecular weight is 458 g/mol. The predicted octanol–water partition coefficient (Wildman–Crippen LogP) is 2.84. The minimum Gasteiger partial charge on any atom is -0.491 e. The number of carbonyl (C=O) groups is 1. The van der Waals surface area contributed by atoms with Crippen molar-refractivity contribution < 1.29 is 14.3 Å². The Balaban J connectivity index is 1.25. The fourth-order valence-electron chi connectivity index (χ4n) is 3.94. The van der Waals surface area contributed by atoms with Crippen LogP contribution in [0.15, 0.2) is 30.3 Å². The van der Waals surface area contributed by atoms with E-state index < -0.39 is 0 Å². The number of halogens is 1. The van der Waals surface area contributed by atoms with Crippen molar-refractivity contribution in [2.45, 2.75) is 13.8 Å². The number of hydrogen-bond donors (Lipinski definition) is 0. The van der Waals surface area contributed by atoms with E-state index in [4.69, 9.17) is 21.1 Å². The van der Waals surface area contributed by atoms with E-state index in [-0.39, 0.29) is 12.5 Å². The Morgan fingerprint density at radius 3 is 2.62 bits per heavy atom. The van der Waals surface area contributed by atoms with Crippen LogP contribution in [0.2, 0.25) is 5.02 Å². The Morgan fingerprint density at radius 1 is 1.12 bits per heavy atom. The van der Waals surface area contributed by atoms with Crippen molar-refractivity contribution in [3.05, 3.63) is 46.6 Å². The Bertz CT molecular complexity index is 1110. The highest BCUT2D eigenvalue weighted by Gasteiger charge is 2.22. The van der Waals surface area contributed by atoms with Gasteiger partial charge in [0.05, 0.1) is 10.4 Å². The molecular formula is C23H28ClN5O3. The molecule has 9 heteroatoms. The molecule has 3 aromatic rings. The minimum absolute atomic E-state index is 0.0327. The number of piperazine rings is 1. The molecule has 0 bridgehead atoms. The lowest BCUT2D eigenvalue weighted by Crippen LogP contribution is -2.50. The normalized spacial score (nSPS) is 14.7. The maximum absolute atomic E-state index is 12.7. The SMILES string of the molecule is Cc1cc(C)c2c(OCC(=O)N3CCN(CCOc4ccccc4Cl)CC3)nn(C)c2n1. The van der Waals surface area contributed by atoms with Gasteiger partial charge in [0.2, 0.25) is 5.88 Å². The molecule has 0 aliphatic carbocycles. The lowest BCUT2D eigenvalue weighted by Gasteiger charge is -2.34. The van der Waals surface area contributed by atoms with Crippen LogP contribution in [0, 0.1) is 13.8 Å². The molecule has 0 spiro atoms. The third-order valence-electron chi connectivity index (χ3n) is 5.65. The first kappa shape index (κ1) is 22.4. The summed E-state index contributed by atoms with van der Waals surface area (Å²) in [7, 11) is 1.83. The molecule has 1 fully saturated rings. The van der Waals surface area contributed by atoms with Gasteiger partial charge < -0.3 is 14.4 Å². The zero-order chi connectivity index (χ0) is 22.7. The van der Waals surface area contributed by atoms with Crippen LogP contribution in [0.1, 0.15) is 11.3 Å². The summed E-state index contributed by atoms with van der Waals surface area (Å²) in [4.78, 5) is 21.3. The van der Waals surface area contributed by atoms with E-state index in [9.17, 15) is 4.79 Å². The molecule has 0 unspecified atom stereocenters. The van der Waals surface area contributed by atoms with E-state index in [1.165, 1.54) is 0 Å². The number of carbonyl (C=O) groups excluding carboxylic acids is 1. The van der Waals surface area contributed by atoms with E-state index in [0.717, 1.165) is 41.9 Å². The van der Waals surface area contributed by atoms with Crippen LogP contribution in [0.5, 0.6) is 11.6 Å². The lowest BCUT2D eigenvalue weighted by molar-refractivity contribution is -0.135. The summed E-state index contributed by atoms with van der Waals surface area (Å²) in [6.07, 6.45) is 0. The third kappa shape index (κ3) is 4.97. The number of pyridine rings is 1. The van der Waals surface area contributed by atoms with Gasteiger partial charge in [-0.25, -0.2) is 9.67 Å². The summed E-state index contributed by atoms with van der Waals surface area (Å²) >= 11 is 6.12. The Hall–Kier alpha value is -2.84. The highest BCUT2D eigenvalue weighted by Crippen LogP contribution is 2.27. The number of ether oxygens (including phenoxy) is 2. The third-order valence-corrected chi connectivity index (χ3v) is 5.96. The van der Waals surface area contributed by atoms with Crippen molar-refractivity contribution in [3.63, 3.8) is 0 Å². The number of aryl methyl sites for hydroxylation is 3. The second-order valence-corrected chi connectivity index (χ2v) is 8.41.